The number of nitrogens with one attached hydrogen (secondary N) is 1. The lowest BCUT2D eigenvalue weighted by Crippen LogP contribution is -2.29. The molecule has 3 heterocycles. The number of nitrogens with two attached hydrogens (primary N) is 1. The molecule has 0 radical (unpaired) electrons. The van der Waals surface area contributed by atoms with Gasteiger partial charge in [0.15, 0.2) is 5.75 Å². The van der Waals surface area contributed by atoms with Gasteiger partial charge in [0.05, 0.1) is 42.5 Å². The molecule has 10 nitrogen and oxygen atoms in total. The molecule has 2 aromatic heterocycles. The highest BCUT2D eigenvalue weighted by atomic mass is 16.5. The fourth-order valence-electron chi connectivity index (χ4n) is 5.10. The molecule has 0 atom stereocenters. The van der Waals surface area contributed by atoms with Crippen LogP contribution in [-0.2, 0) is 13.0 Å². The summed E-state index contributed by atoms with van der Waals surface area (Å²) in [5.41, 5.74) is 12.9. The molecule has 2 aromatic carbocycles. The molecule has 0 amide bonds. The van der Waals surface area contributed by atoms with Crippen molar-refractivity contribution in [2.24, 2.45) is 0 Å². The van der Waals surface area contributed by atoms with E-state index in [4.69, 9.17) is 20.2 Å². The van der Waals surface area contributed by atoms with Gasteiger partial charge in [-0.15, -0.1) is 0 Å². The van der Waals surface area contributed by atoms with E-state index in [1.807, 2.05) is 33.3 Å². The van der Waals surface area contributed by atoms with Gasteiger partial charge in [0.2, 0.25) is 5.95 Å². The Bertz CT molecular complexity index is 1470. The number of ether oxygens (including phenoxy) is 2. The number of benzene rings is 2. The maximum Gasteiger partial charge on any atom is 0.228 e. The van der Waals surface area contributed by atoms with Crippen molar-refractivity contribution in [3.63, 3.8) is 0 Å². The van der Waals surface area contributed by atoms with E-state index < -0.39 is 0 Å². The number of anilines is 4. The first-order valence-electron chi connectivity index (χ1n) is 13.2. The van der Waals surface area contributed by atoms with Gasteiger partial charge in [-0.1, -0.05) is 18.2 Å². The lowest BCUT2D eigenvalue weighted by atomic mass is 10.0. The van der Waals surface area contributed by atoms with Crippen LogP contribution >= 0.6 is 0 Å². The van der Waals surface area contributed by atoms with Crippen LogP contribution in [0, 0.1) is 0 Å². The van der Waals surface area contributed by atoms with Gasteiger partial charge in [-0.05, 0) is 38.6 Å². The molecule has 0 spiro atoms. The average Bonchev–Trinajstić information content (AvgIpc) is 3.31. The van der Waals surface area contributed by atoms with E-state index in [1.165, 1.54) is 11.1 Å². The standard InChI is InChI=1S/C29H37N7O3/c1-34(2)11-12-35(3)24-16-25(38-4)23(15-22(24)30)32-29-31-17-26(39-14-13-37)27(33-29)21-18-36-10-6-8-19-7-5-9-20(21)28(19)36/h5,7,9,15-18,37H,6,8,10-14,30H2,1-4H3,(H,31,32,33). The predicted octanol–water partition coefficient (Wildman–Crippen LogP) is 3.75. The van der Waals surface area contributed by atoms with Gasteiger partial charge >= 0.3 is 0 Å². The zero-order valence-electron chi connectivity index (χ0n) is 23.1. The zero-order chi connectivity index (χ0) is 27.5. The minimum Gasteiger partial charge on any atom is -0.494 e. The van der Waals surface area contributed by atoms with Crippen LogP contribution in [0.5, 0.6) is 11.5 Å². The van der Waals surface area contributed by atoms with Crippen molar-refractivity contribution >= 4 is 33.9 Å². The third-order valence-electron chi connectivity index (χ3n) is 7.08. The molecule has 0 unspecified atom stereocenters. The second-order valence-corrected chi connectivity index (χ2v) is 10.1. The monoisotopic (exact) mass is 531 g/mol. The van der Waals surface area contributed by atoms with Crippen molar-refractivity contribution in [2.75, 3.05) is 70.5 Å². The summed E-state index contributed by atoms with van der Waals surface area (Å²) in [6, 6.07) is 10.2. The number of likely N-dealkylation sites (N-methyl/N-ethyl adjacent to an activating group) is 2. The van der Waals surface area contributed by atoms with Gasteiger partial charge in [-0.2, -0.15) is 0 Å². The number of aliphatic hydroxyl groups excluding tert-OH is 1. The molecule has 4 aromatic rings. The number of nitrogen functional groups attached to an aromatic ring is 1. The summed E-state index contributed by atoms with van der Waals surface area (Å²) in [6.45, 7) is 2.74. The van der Waals surface area contributed by atoms with Crippen LogP contribution in [0.25, 0.3) is 22.2 Å². The molecule has 0 aliphatic carbocycles. The molecular weight excluding hydrogens is 494 g/mol. The van der Waals surface area contributed by atoms with Gasteiger partial charge in [0.1, 0.15) is 18.1 Å². The van der Waals surface area contributed by atoms with Gasteiger partial charge in [0.25, 0.3) is 0 Å². The van der Waals surface area contributed by atoms with Crippen LogP contribution in [0.3, 0.4) is 0 Å². The number of rotatable bonds is 11. The number of hydrogen-bond acceptors (Lipinski definition) is 9. The van der Waals surface area contributed by atoms with Crippen LogP contribution in [0.2, 0.25) is 0 Å². The summed E-state index contributed by atoms with van der Waals surface area (Å²) in [5, 5.41) is 13.8. The topological polar surface area (TPSA) is 114 Å². The van der Waals surface area contributed by atoms with Gasteiger partial charge < -0.3 is 40.0 Å². The normalized spacial score (nSPS) is 12.7. The van der Waals surface area contributed by atoms with Crippen molar-refractivity contribution in [1.82, 2.24) is 19.4 Å². The smallest absolute Gasteiger partial charge is 0.228 e. The van der Waals surface area contributed by atoms with Crippen LogP contribution < -0.4 is 25.4 Å². The predicted molar refractivity (Wildman–Crippen MR) is 156 cm³/mol. The first-order chi connectivity index (χ1) is 18.9. The Kier molecular flexibility index (Phi) is 7.76. The molecule has 0 fully saturated rings. The summed E-state index contributed by atoms with van der Waals surface area (Å²) in [5.74, 6) is 1.54. The van der Waals surface area contributed by atoms with E-state index >= 15 is 0 Å². The third kappa shape index (κ3) is 5.43. The average molecular weight is 532 g/mol. The quantitative estimate of drug-likeness (QED) is 0.249. The van der Waals surface area contributed by atoms with Crippen molar-refractivity contribution in [1.29, 1.82) is 0 Å². The van der Waals surface area contributed by atoms with Crippen LogP contribution in [0.1, 0.15) is 12.0 Å². The minimum atomic E-state index is -0.100. The summed E-state index contributed by atoms with van der Waals surface area (Å²) >= 11 is 0. The van der Waals surface area contributed by atoms with Crippen molar-refractivity contribution in [3.8, 4) is 22.8 Å². The number of aryl methyl sites for hydroxylation is 2. The number of para-hydroxylation sites is 1. The molecule has 1 aliphatic rings. The Morgan fingerprint density at radius 3 is 2.77 bits per heavy atom. The Morgan fingerprint density at radius 1 is 1.15 bits per heavy atom. The van der Waals surface area contributed by atoms with Gasteiger partial charge in [-0.25, -0.2) is 9.97 Å². The lowest BCUT2D eigenvalue weighted by molar-refractivity contribution is 0.201. The molecule has 0 bridgehead atoms. The van der Waals surface area contributed by atoms with Crippen molar-refractivity contribution < 1.29 is 14.6 Å². The van der Waals surface area contributed by atoms with E-state index in [0.717, 1.165) is 49.1 Å². The van der Waals surface area contributed by atoms with E-state index in [1.54, 1.807) is 13.3 Å². The number of aliphatic hydroxyl groups is 1. The molecule has 39 heavy (non-hydrogen) atoms. The molecule has 0 saturated carbocycles. The van der Waals surface area contributed by atoms with Crippen molar-refractivity contribution in [3.05, 3.63) is 48.3 Å². The SMILES string of the molecule is COc1cc(N(C)CCN(C)C)c(N)cc1Nc1ncc(OCCO)c(-c2cn3c4c(cccc24)CCC3)n1. The first kappa shape index (κ1) is 26.6. The summed E-state index contributed by atoms with van der Waals surface area (Å²) < 4.78 is 13.9. The van der Waals surface area contributed by atoms with Crippen LogP contribution in [0.4, 0.5) is 23.0 Å². The largest absolute Gasteiger partial charge is 0.494 e. The lowest BCUT2D eigenvalue weighted by Gasteiger charge is -2.24. The molecule has 10 heteroatoms. The Morgan fingerprint density at radius 2 is 2.00 bits per heavy atom. The minimum absolute atomic E-state index is 0.100. The first-order valence-corrected chi connectivity index (χ1v) is 13.2. The van der Waals surface area contributed by atoms with Gasteiger partial charge in [0, 0.05) is 49.9 Å². The summed E-state index contributed by atoms with van der Waals surface area (Å²) in [7, 11) is 7.74. The Balaban J connectivity index is 1.52. The second kappa shape index (κ2) is 11.4. The van der Waals surface area contributed by atoms with E-state index in [-0.39, 0.29) is 13.2 Å². The highest BCUT2D eigenvalue weighted by molar-refractivity contribution is 5.98. The van der Waals surface area contributed by atoms with Crippen molar-refractivity contribution in [2.45, 2.75) is 19.4 Å². The van der Waals surface area contributed by atoms with Crippen LogP contribution in [-0.4, -0.2) is 79.1 Å². The van der Waals surface area contributed by atoms with E-state index in [0.29, 0.717) is 34.5 Å². The van der Waals surface area contributed by atoms with E-state index in [2.05, 4.69) is 49.1 Å². The molecule has 5 rings (SSSR count). The Hall–Kier alpha value is -4.02. The van der Waals surface area contributed by atoms with E-state index in [9.17, 15) is 5.11 Å². The zero-order valence-corrected chi connectivity index (χ0v) is 23.1. The fourth-order valence-corrected chi connectivity index (χ4v) is 5.10. The number of methoxy groups -OCH3 is 1. The maximum absolute atomic E-state index is 9.39. The third-order valence-corrected chi connectivity index (χ3v) is 7.08. The number of hydrogen-bond donors (Lipinski definition) is 3. The molecule has 4 N–H and O–H groups in total. The molecule has 206 valence electrons. The molecule has 1 aliphatic heterocycles. The Labute approximate surface area is 229 Å². The fraction of sp³-hybridized carbons (Fsp3) is 0.379. The maximum atomic E-state index is 9.39. The number of aromatic nitrogens is 3. The highest BCUT2D eigenvalue weighted by Gasteiger charge is 2.21. The highest BCUT2D eigenvalue weighted by Crippen LogP contribution is 2.40. The molecule has 0 saturated heterocycles. The number of nitrogens with zero attached hydrogens (tertiary/aromatic N) is 5. The summed E-state index contributed by atoms with van der Waals surface area (Å²) in [4.78, 5) is 13.7. The summed E-state index contributed by atoms with van der Waals surface area (Å²) in [6.07, 6.45) is 5.95. The second-order valence-electron chi connectivity index (χ2n) is 10.1. The molecular formula is C29H37N7O3. The van der Waals surface area contributed by atoms with Crippen LogP contribution in [0.15, 0.2) is 42.7 Å². The van der Waals surface area contributed by atoms with Gasteiger partial charge in [-0.3, -0.25) is 0 Å².